The van der Waals surface area contributed by atoms with Gasteiger partial charge in [-0.15, -0.1) is 0 Å². The van der Waals surface area contributed by atoms with Crippen molar-refractivity contribution in [1.29, 1.82) is 0 Å². The van der Waals surface area contributed by atoms with Crippen LogP contribution in [0.2, 0.25) is 10.0 Å². The molecule has 0 radical (unpaired) electrons. The molecule has 0 aliphatic heterocycles. The topological polar surface area (TPSA) is 17.0 Å². The largest absolute Gasteiger partial charge is 0.457 e. The fraction of sp³-hybridized carbons (Fsp3) is 0.0500. The van der Waals surface area contributed by atoms with Crippen LogP contribution in [-0.2, 0) is 7.05 Å². The van der Waals surface area contributed by atoms with E-state index in [0.717, 1.165) is 22.1 Å². The minimum Gasteiger partial charge on any atom is -0.457 e. The first kappa shape index (κ1) is 16.4. The fourth-order valence-electron chi connectivity index (χ4n) is 2.70. The van der Waals surface area contributed by atoms with E-state index < -0.39 is 0 Å². The predicted octanol–water partition coefficient (Wildman–Crippen LogP) is 6.46. The van der Waals surface area contributed by atoms with Gasteiger partial charge in [-0.2, -0.15) is 4.57 Å². The van der Waals surface area contributed by atoms with Crippen molar-refractivity contribution in [2.24, 2.45) is 7.05 Å². The Morgan fingerprint density at radius 1 is 1.00 bits per heavy atom. The van der Waals surface area contributed by atoms with Crippen LogP contribution in [0.4, 0.5) is 0 Å². The minimum absolute atomic E-state index is 0.577. The summed E-state index contributed by atoms with van der Waals surface area (Å²) in [5, 5.41) is 2.34. The van der Waals surface area contributed by atoms with E-state index in [-0.39, 0.29) is 0 Å². The molecule has 0 fully saturated rings. The molecule has 0 N–H and O–H groups in total. The Balaban J connectivity index is 1.64. The van der Waals surface area contributed by atoms with E-state index >= 15 is 0 Å². The molecule has 5 heteroatoms. The van der Waals surface area contributed by atoms with Crippen molar-refractivity contribution in [3.8, 4) is 11.3 Å². The van der Waals surface area contributed by atoms with Crippen molar-refractivity contribution < 1.29 is 8.98 Å². The van der Waals surface area contributed by atoms with Gasteiger partial charge in [0, 0.05) is 22.7 Å². The number of halogens is 2. The van der Waals surface area contributed by atoms with Crippen LogP contribution >= 0.6 is 34.5 Å². The lowest BCUT2D eigenvalue weighted by Gasteiger charge is -2.00. The normalized spacial score (nSPS) is 11.6. The standard InChI is InChI=1S/C20H14Cl2NOS/c1-23-17-4-2-3-5-19(17)25-20(23)11-8-14-7-10-18(24-14)15-9-6-13(21)12-16(15)22/h2-12H,1H3/q+1. The maximum Gasteiger partial charge on any atom is 0.262 e. The van der Waals surface area contributed by atoms with Crippen LogP contribution in [0.3, 0.4) is 0 Å². The number of hydrogen-bond donors (Lipinski definition) is 0. The number of para-hydroxylation sites is 1. The number of aromatic nitrogens is 1. The minimum atomic E-state index is 0.577. The van der Waals surface area contributed by atoms with Crippen LogP contribution in [0, 0.1) is 0 Å². The molecule has 0 saturated carbocycles. The molecule has 4 rings (SSSR count). The molecule has 0 bridgehead atoms. The van der Waals surface area contributed by atoms with Gasteiger partial charge in [-0.1, -0.05) is 46.7 Å². The lowest BCUT2D eigenvalue weighted by atomic mass is 10.2. The van der Waals surface area contributed by atoms with E-state index in [2.05, 4.69) is 42.0 Å². The van der Waals surface area contributed by atoms with Gasteiger partial charge in [0.1, 0.15) is 23.3 Å². The maximum atomic E-state index is 6.25. The smallest absolute Gasteiger partial charge is 0.262 e. The van der Waals surface area contributed by atoms with Crippen molar-refractivity contribution in [2.45, 2.75) is 0 Å². The number of hydrogen-bond acceptors (Lipinski definition) is 2. The Labute approximate surface area is 159 Å². The highest BCUT2D eigenvalue weighted by atomic mass is 35.5. The summed E-state index contributed by atoms with van der Waals surface area (Å²) in [5.41, 5.74) is 2.05. The summed E-state index contributed by atoms with van der Waals surface area (Å²) in [7, 11) is 2.07. The number of thiazole rings is 1. The molecule has 2 aromatic carbocycles. The zero-order valence-corrected chi connectivity index (χ0v) is 15.7. The van der Waals surface area contributed by atoms with E-state index in [0.29, 0.717) is 10.0 Å². The Kier molecular flexibility index (Phi) is 4.38. The Morgan fingerprint density at radius 3 is 2.64 bits per heavy atom. The van der Waals surface area contributed by atoms with Gasteiger partial charge in [-0.05, 0) is 42.5 Å². The lowest BCUT2D eigenvalue weighted by molar-refractivity contribution is -0.642. The number of nitrogens with zero attached hydrogens (tertiary/aromatic N) is 1. The highest BCUT2D eigenvalue weighted by Gasteiger charge is 2.14. The van der Waals surface area contributed by atoms with Gasteiger partial charge in [0.25, 0.3) is 5.01 Å². The third-order valence-corrected chi connectivity index (χ3v) is 5.72. The van der Waals surface area contributed by atoms with Crippen LogP contribution in [0.5, 0.6) is 0 Å². The molecule has 0 atom stereocenters. The first-order chi connectivity index (χ1) is 12.1. The fourth-order valence-corrected chi connectivity index (χ4v) is 4.25. The summed E-state index contributed by atoms with van der Waals surface area (Å²) >= 11 is 13.9. The summed E-state index contributed by atoms with van der Waals surface area (Å²) in [5.74, 6) is 1.50. The molecule has 0 saturated heterocycles. The molecule has 2 nitrogen and oxygen atoms in total. The molecule has 2 heterocycles. The van der Waals surface area contributed by atoms with Crippen molar-refractivity contribution in [3.63, 3.8) is 0 Å². The Morgan fingerprint density at radius 2 is 1.84 bits per heavy atom. The first-order valence-electron chi connectivity index (χ1n) is 7.73. The summed E-state index contributed by atoms with van der Waals surface area (Å²) in [6.07, 6.45) is 4.04. The van der Waals surface area contributed by atoms with Gasteiger partial charge in [-0.3, -0.25) is 0 Å². The number of furan rings is 1. The summed E-state index contributed by atoms with van der Waals surface area (Å²) in [6.45, 7) is 0. The number of rotatable bonds is 3. The molecule has 0 amide bonds. The van der Waals surface area contributed by atoms with Crippen molar-refractivity contribution in [1.82, 2.24) is 0 Å². The molecule has 0 unspecified atom stereocenters. The zero-order valence-electron chi connectivity index (χ0n) is 13.4. The van der Waals surface area contributed by atoms with Gasteiger partial charge in [-0.25, -0.2) is 0 Å². The Hall–Kier alpha value is -2.07. The van der Waals surface area contributed by atoms with E-state index in [9.17, 15) is 0 Å². The summed E-state index contributed by atoms with van der Waals surface area (Å²) < 4.78 is 9.35. The quantitative estimate of drug-likeness (QED) is 0.369. The van der Waals surface area contributed by atoms with Crippen molar-refractivity contribution in [3.05, 3.63) is 75.4 Å². The SMILES string of the molecule is C[n+]1c(C=Cc2ccc(-c3ccc(Cl)cc3Cl)o2)sc2ccccc21. The number of fused-ring (bicyclic) bond motifs is 1. The van der Waals surface area contributed by atoms with E-state index in [1.54, 1.807) is 23.5 Å². The summed E-state index contributed by atoms with van der Waals surface area (Å²) in [6, 6.07) is 17.6. The average molecular weight is 387 g/mol. The highest BCUT2D eigenvalue weighted by molar-refractivity contribution is 7.18. The van der Waals surface area contributed by atoms with E-state index in [1.807, 2.05) is 24.3 Å². The van der Waals surface area contributed by atoms with Gasteiger partial charge in [0.05, 0.1) is 5.02 Å². The predicted molar refractivity (Wildman–Crippen MR) is 106 cm³/mol. The number of aryl methyl sites for hydroxylation is 1. The molecule has 124 valence electrons. The molecule has 0 aliphatic rings. The molecule has 0 aliphatic carbocycles. The van der Waals surface area contributed by atoms with Crippen LogP contribution in [0.25, 0.3) is 33.7 Å². The molecule has 4 aromatic rings. The number of benzene rings is 2. The molecular formula is C20H14Cl2NOS+. The third kappa shape index (κ3) is 3.23. The van der Waals surface area contributed by atoms with Crippen molar-refractivity contribution in [2.75, 3.05) is 0 Å². The first-order valence-corrected chi connectivity index (χ1v) is 9.30. The lowest BCUT2D eigenvalue weighted by Crippen LogP contribution is -2.28. The molecule has 0 spiro atoms. The Bertz CT molecular complexity index is 1090. The van der Waals surface area contributed by atoms with Crippen LogP contribution in [-0.4, -0.2) is 0 Å². The summed E-state index contributed by atoms with van der Waals surface area (Å²) in [4.78, 5) is 0. The second kappa shape index (κ2) is 6.68. The monoisotopic (exact) mass is 386 g/mol. The van der Waals surface area contributed by atoms with E-state index in [4.69, 9.17) is 27.6 Å². The van der Waals surface area contributed by atoms with Gasteiger partial charge in [0.2, 0.25) is 5.52 Å². The second-order valence-corrected chi connectivity index (χ2v) is 7.53. The van der Waals surface area contributed by atoms with Gasteiger partial charge >= 0.3 is 0 Å². The zero-order chi connectivity index (χ0) is 17.4. The van der Waals surface area contributed by atoms with Crippen molar-refractivity contribution >= 4 is 56.9 Å². The van der Waals surface area contributed by atoms with Crippen LogP contribution in [0.15, 0.2) is 59.0 Å². The van der Waals surface area contributed by atoms with Crippen LogP contribution in [0.1, 0.15) is 10.8 Å². The maximum absolute atomic E-state index is 6.25. The second-order valence-electron chi connectivity index (χ2n) is 5.63. The van der Waals surface area contributed by atoms with Crippen LogP contribution < -0.4 is 4.57 Å². The third-order valence-electron chi connectivity index (χ3n) is 3.99. The molecule has 25 heavy (non-hydrogen) atoms. The molecular weight excluding hydrogens is 373 g/mol. The van der Waals surface area contributed by atoms with Gasteiger partial charge < -0.3 is 4.42 Å². The van der Waals surface area contributed by atoms with Gasteiger partial charge in [0.15, 0.2) is 0 Å². The highest BCUT2D eigenvalue weighted by Crippen LogP contribution is 2.32. The molecule has 2 aromatic heterocycles. The van der Waals surface area contributed by atoms with E-state index in [1.165, 1.54) is 10.2 Å². The average Bonchev–Trinajstić information content (AvgIpc) is 3.18.